The minimum Gasteiger partial charge on any atom is -0.408 e. The Morgan fingerprint density at radius 1 is 1.43 bits per heavy atom. The number of aromatic nitrogens is 3. The van der Waals surface area contributed by atoms with Gasteiger partial charge in [-0.25, -0.2) is 14.8 Å². The first-order chi connectivity index (χ1) is 6.83. The second-order valence-electron chi connectivity index (χ2n) is 2.89. The molecule has 1 N–H and O–H groups in total. The summed E-state index contributed by atoms with van der Waals surface area (Å²) in [6.45, 7) is 0. The third kappa shape index (κ3) is 0.922. The van der Waals surface area contributed by atoms with Crippen LogP contribution in [0.1, 0.15) is 0 Å². The zero-order chi connectivity index (χ0) is 9.54. The number of hydrogen-bond donors (Lipinski definition) is 1. The van der Waals surface area contributed by atoms with Crippen LogP contribution in [0.5, 0.6) is 0 Å². The highest BCUT2D eigenvalue weighted by Gasteiger charge is 2.03. The monoisotopic (exact) mass is 186 g/mol. The van der Waals surface area contributed by atoms with Crippen LogP contribution < -0.4 is 5.76 Å². The fraction of sp³-hybridized carbons (Fsp3) is 0. The van der Waals surface area contributed by atoms with Crippen molar-refractivity contribution in [3.63, 3.8) is 0 Å². The maximum absolute atomic E-state index is 10.9. The number of benzene rings is 1. The summed E-state index contributed by atoms with van der Waals surface area (Å²) in [6, 6.07) is 3.45. The van der Waals surface area contributed by atoms with Crippen LogP contribution in [0.15, 0.2) is 27.5 Å². The molecular weight excluding hydrogens is 182 g/mol. The number of oxazole rings is 1. The van der Waals surface area contributed by atoms with Crippen LogP contribution in [-0.4, -0.2) is 15.0 Å². The molecule has 2 aromatic heterocycles. The van der Waals surface area contributed by atoms with E-state index in [4.69, 9.17) is 4.42 Å². The van der Waals surface area contributed by atoms with E-state index in [-0.39, 0.29) is 0 Å². The van der Waals surface area contributed by atoms with Gasteiger partial charge in [-0.15, -0.1) is 0 Å². The van der Waals surface area contributed by atoms with E-state index >= 15 is 0 Å². The highest BCUT2D eigenvalue weighted by Crippen LogP contribution is 2.17. The van der Waals surface area contributed by atoms with Gasteiger partial charge in [-0.3, -0.25) is 4.98 Å². The Labute approximate surface area is 77.4 Å². The van der Waals surface area contributed by atoms with Gasteiger partial charge in [0.1, 0.15) is 0 Å². The Morgan fingerprint density at radius 3 is 3.29 bits per heavy atom. The lowest BCUT2D eigenvalue weighted by atomic mass is 10.2. The number of nitrogens with zero attached hydrogens (tertiary/aromatic N) is 2. The predicted molar refractivity (Wildman–Crippen MR) is 48.8 cm³/mol. The second kappa shape index (κ2) is 2.41. The Kier molecular flexibility index (Phi) is 1.25. The molecule has 0 atom stereocenters. The summed E-state index contributed by atoms with van der Waals surface area (Å²) in [7, 11) is 0. The SMILES string of the molecule is O=c1[nH]c2cc3cn[c]nc3cc2o1. The van der Waals surface area contributed by atoms with Crippen LogP contribution in [-0.2, 0) is 0 Å². The number of hydrogen-bond acceptors (Lipinski definition) is 4. The molecule has 3 aromatic rings. The van der Waals surface area contributed by atoms with Crippen molar-refractivity contribution >= 4 is 22.0 Å². The molecule has 2 heterocycles. The molecule has 5 heteroatoms. The molecule has 14 heavy (non-hydrogen) atoms. The number of nitrogens with one attached hydrogen (secondary N) is 1. The van der Waals surface area contributed by atoms with E-state index in [1.165, 1.54) is 0 Å². The summed E-state index contributed by atoms with van der Waals surface area (Å²) >= 11 is 0. The van der Waals surface area contributed by atoms with E-state index in [1.54, 1.807) is 18.3 Å². The van der Waals surface area contributed by atoms with Crippen molar-refractivity contribution in [3.05, 3.63) is 35.2 Å². The number of fused-ring (bicyclic) bond motifs is 2. The first-order valence-corrected chi connectivity index (χ1v) is 3.98. The topological polar surface area (TPSA) is 71.8 Å². The van der Waals surface area contributed by atoms with Crippen LogP contribution in [0.2, 0.25) is 0 Å². The van der Waals surface area contributed by atoms with Crippen molar-refractivity contribution in [2.75, 3.05) is 0 Å². The summed E-state index contributed by atoms with van der Waals surface area (Å²) in [5.41, 5.74) is 1.85. The molecule has 0 fully saturated rings. The van der Waals surface area contributed by atoms with Crippen LogP contribution >= 0.6 is 0 Å². The van der Waals surface area contributed by atoms with Gasteiger partial charge in [0.2, 0.25) is 0 Å². The van der Waals surface area contributed by atoms with Crippen LogP contribution in [0, 0.1) is 6.33 Å². The predicted octanol–water partition coefficient (Wildman–Crippen LogP) is 0.864. The smallest absolute Gasteiger partial charge is 0.408 e. The molecule has 0 saturated carbocycles. The van der Waals surface area contributed by atoms with Gasteiger partial charge in [-0.05, 0) is 6.07 Å². The Hall–Kier alpha value is -2.17. The average molecular weight is 186 g/mol. The standard InChI is InChI=1S/C9H4N3O2/c13-9-12-7-1-5-3-10-4-11-6(5)2-8(7)14-9/h1-3H,(H,12,13). The fourth-order valence-corrected chi connectivity index (χ4v) is 1.38. The Morgan fingerprint density at radius 2 is 2.36 bits per heavy atom. The molecule has 67 valence electrons. The molecule has 0 unspecified atom stereocenters. The number of rotatable bonds is 0. The third-order valence-corrected chi connectivity index (χ3v) is 2.00. The molecule has 0 aliphatic heterocycles. The van der Waals surface area contributed by atoms with E-state index in [9.17, 15) is 4.79 Å². The quantitative estimate of drug-likeness (QED) is 0.565. The van der Waals surface area contributed by atoms with Crippen LogP contribution in [0.3, 0.4) is 0 Å². The minimum absolute atomic E-state index is 0.466. The van der Waals surface area contributed by atoms with Gasteiger partial charge in [0.05, 0.1) is 11.0 Å². The highest BCUT2D eigenvalue weighted by atomic mass is 16.4. The Balaban J connectivity index is 2.57. The van der Waals surface area contributed by atoms with E-state index in [0.717, 1.165) is 5.39 Å². The lowest BCUT2D eigenvalue weighted by molar-refractivity contribution is 0.555. The van der Waals surface area contributed by atoms with Crippen LogP contribution in [0.4, 0.5) is 0 Å². The van der Waals surface area contributed by atoms with Crippen molar-refractivity contribution in [2.24, 2.45) is 0 Å². The molecule has 1 aromatic carbocycles. The van der Waals surface area contributed by atoms with Crippen LogP contribution in [0.25, 0.3) is 22.0 Å². The summed E-state index contributed by atoms with van der Waals surface area (Å²) in [5, 5.41) is 0.841. The summed E-state index contributed by atoms with van der Waals surface area (Å²) in [4.78, 5) is 21.2. The van der Waals surface area contributed by atoms with E-state index in [1.807, 2.05) is 0 Å². The normalized spacial score (nSPS) is 11.1. The van der Waals surface area contributed by atoms with Gasteiger partial charge in [0.15, 0.2) is 11.9 Å². The lowest BCUT2D eigenvalue weighted by Crippen LogP contribution is -1.92. The molecule has 0 bridgehead atoms. The van der Waals surface area contributed by atoms with E-state index < -0.39 is 5.76 Å². The zero-order valence-corrected chi connectivity index (χ0v) is 6.94. The largest absolute Gasteiger partial charge is 0.417 e. The Bertz CT molecular complexity index is 613. The van der Waals surface area contributed by atoms with E-state index in [2.05, 4.69) is 21.3 Å². The number of aromatic amines is 1. The first kappa shape index (κ1) is 7.25. The second-order valence-corrected chi connectivity index (χ2v) is 2.89. The summed E-state index contributed by atoms with van der Waals surface area (Å²) in [6.07, 6.45) is 4.11. The van der Waals surface area contributed by atoms with Gasteiger partial charge in [-0.2, -0.15) is 0 Å². The molecule has 3 rings (SSSR count). The fourth-order valence-electron chi connectivity index (χ4n) is 1.38. The number of H-pyrrole nitrogens is 1. The third-order valence-electron chi connectivity index (χ3n) is 2.00. The molecule has 0 saturated heterocycles. The summed E-state index contributed by atoms with van der Waals surface area (Å²) in [5.74, 6) is -0.466. The van der Waals surface area contributed by atoms with Gasteiger partial charge in [0, 0.05) is 17.6 Å². The molecule has 0 aliphatic carbocycles. The van der Waals surface area contributed by atoms with Crippen molar-refractivity contribution in [3.8, 4) is 0 Å². The maximum atomic E-state index is 10.9. The lowest BCUT2D eigenvalue weighted by Gasteiger charge is -1.93. The molecule has 0 spiro atoms. The zero-order valence-electron chi connectivity index (χ0n) is 6.94. The maximum Gasteiger partial charge on any atom is 0.417 e. The first-order valence-electron chi connectivity index (χ1n) is 3.98. The molecular formula is C9H4N3O2. The minimum atomic E-state index is -0.466. The van der Waals surface area contributed by atoms with Crippen molar-refractivity contribution in [1.82, 2.24) is 15.0 Å². The van der Waals surface area contributed by atoms with E-state index in [0.29, 0.717) is 16.6 Å². The van der Waals surface area contributed by atoms with Crippen molar-refractivity contribution < 1.29 is 4.42 Å². The van der Waals surface area contributed by atoms with Crippen molar-refractivity contribution in [1.29, 1.82) is 0 Å². The molecule has 1 radical (unpaired) electrons. The highest BCUT2D eigenvalue weighted by molar-refractivity contribution is 5.91. The van der Waals surface area contributed by atoms with Crippen molar-refractivity contribution in [2.45, 2.75) is 0 Å². The molecule has 0 aliphatic rings. The molecule has 5 nitrogen and oxygen atoms in total. The van der Waals surface area contributed by atoms with Gasteiger partial charge >= 0.3 is 5.76 Å². The summed E-state index contributed by atoms with van der Waals surface area (Å²) < 4.78 is 4.89. The van der Waals surface area contributed by atoms with Gasteiger partial charge in [0.25, 0.3) is 0 Å². The molecule has 0 amide bonds. The van der Waals surface area contributed by atoms with Gasteiger partial charge < -0.3 is 4.42 Å². The van der Waals surface area contributed by atoms with Gasteiger partial charge in [-0.1, -0.05) is 0 Å². The average Bonchev–Trinajstić information content (AvgIpc) is 2.53.